The number of rotatable bonds is 8. The molecule has 236 valence electrons. The Kier molecular flexibility index (Phi) is 10.6. The van der Waals surface area contributed by atoms with Crippen LogP contribution in [0.15, 0.2) is 60.7 Å². The molecule has 0 N–H and O–H groups in total. The van der Waals surface area contributed by atoms with Crippen molar-refractivity contribution in [2.45, 2.75) is 12.2 Å². The lowest BCUT2D eigenvalue weighted by molar-refractivity contribution is -0.146. The lowest BCUT2D eigenvalue weighted by atomic mass is 9.85. The van der Waals surface area contributed by atoms with Gasteiger partial charge in [0.1, 0.15) is 12.4 Å². The molecule has 0 spiro atoms. The molecule has 0 bridgehead atoms. The van der Waals surface area contributed by atoms with Gasteiger partial charge in [0, 0.05) is 23.4 Å². The van der Waals surface area contributed by atoms with Crippen molar-refractivity contribution in [1.82, 2.24) is 4.90 Å². The first-order valence-electron chi connectivity index (χ1n) is 14.2. The van der Waals surface area contributed by atoms with Gasteiger partial charge in [0.15, 0.2) is 29.6 Å². The Bertz CT molecular complexity index is 1350. The number of carbonyl (C=O) groups excluding carboxylic acids is 1. The van der Waals surface area contributed by atoms with Crippen molar-refractivity contribution < 1.29 is 42.7 Å². The van der Waals surface area contributed by atoms with Gasteiger partial charge in [-0.05, 0) is 73.8 Å². The predicted molar refractivity (Wildman–Crippen MR) is 163 cm³/mol. The highest BCUT2D eigenvalue weighted by Gasteiger charge is 2.48. The Balaban J connectivity index is 0.000000188. The van der Waals surface area contributed by atoms with Crippen LogP contribution in [0.2, 0.25) is 5.02 Å². The molecule has 2 saturated heterocycles. The standard InChI is InChI=1S/C20H18O6.C12H16ClNO3.ClH/c1-3-15-17(25-9-23-15)5-11(1)19-13-7-22-20(14(13)8-21-19)12-2-4-16-18(6-12)26-10-24-16;1-14(2)7-8-16-12(15)9-17-11-5-3-10(13)4-6-11;/h1-6,13-14,19-20H,7-10H2;3-6H,7-9H2,1-2H3;1H. The van der Waals surface area contributed by atoms with Crippen LogP contribution in [0.5, 0.6) is 28.7 Å². The number of esters is 1. The van der Waals surface area contributed by atoms with Crippen molar-refractivity contribution in [2.75, 3.05) is 60.7 Å². The second-order valence-corrected chi connectivity index (χ2v) is 11.3. The van der Waals surface area contributed by atoms with Crippen LogP contribution < -0.4 is 23.7 Å². The summed E-state index contributed by atoms with van der Waals surface area (Å²) in [7, 11) is 3.83. The third-order valence-electron chi connectivity index (χ3n) is 7.69. The maximum absolute atomic E-state index is 11.3. The average Bonchev–Trinajstić information content (AvgIpc) is 3.81. The molecule has 4 aliphatic rings. The number of nitrogens with zero attached hydrogens (tertiary/aromatic N) is 1. The zero-order valence-corrected chi connectivity index (χ0v) is 26.0. The number of likely N-dealkylation sites (N-methyl/N-ethyl adjacent to an activating group) is 1. The number of hydrogen-bond donors (Lipinski definition) is 0. The molecule has 0 radical (unpaired) electrons. The molecule has 7 rings (SSSR count). The van der Waals surface area contributed by atoms with Crippen LogP contribution in [0.25, 0.3) is 0 Å². The van der Waals surface area contributed by atoms with E-state index in [2.05, 4.69) is 12.1 Å². The summed E-state index contributed by atoms with van der Waals surface area (Å²) in [6.07, 6.45) is 0.0435. The summed E-state index contributed by atoms with van der Waals surface area (Å²) in [5.74, 6) is 4.05. The van der Waals surface area contributed by atoms with Crippen LogP contribution in [0.4, 0.5) is 0 Å². The molecule has 4 atom stereocenters. The summed E-state index contributed by atoms with van der Waals surface area (Å²) in [6.45, 7) is 2.92. The van der Waals surface area contributed by atoms with Gasteiger partial charge in [0.05, 0.1) is 25.4 Å². The highest BCUT2D eigenvalue weighted by molar-refractivity contribution is 6.30. The topological polar surface area (TPSA) is 94.2 Å². The number of halogens is 2. The molecular weight excluding hydrogens is 613 g/mol. The number of carbonyl (C=O) groups is 1. The predicted octanol–water partition coefficient (Wildman–Crippen LogP) is 5.46. The minimum Gasteiger partial charge on any atom is -0.482 e. The molecule has 4 unspecified atom stereocenters. The average molecular weight is 649 g/mol. The number of benzene rings is 3. The maximum Gasteiger partial charge on any atom is 0.344 e. The fourth-order valence-electron chi connectivity index (χ4n) is 5.47. The quantitative estimate of drug-likeness (QED) is 0.293. The van der Waals surface area contributed by atoms with Gasteiger partial charge in [-0.1, -0.05) is 23.7 Å². The van der Waals surface area contributed by atoms with Crippen LogP contribution in [-0.2, 0) is 19.0 Å². The van der Waals surface area contributed by atoms with Crippen LogP contribution in [0, 0.1) is 11.8 Å². The summed E-state index contributed by atoms with van der Waals surface area (Å²) < 4.78 is 44.4. The molecule has 0 amide bonds. The van der Waals surface area contributed by atoms with E-state index in [0.717, 1.165) is 34.1 Å². The first kappa shape index (κ1) is 32.0. The summed E-state index contributed by atoms with van der Waals surface area (Å²) in [5.41, 5.74) is 2.24. The van der Waals surface area contributed by atoms with Crippen LogP contribution in [0.3, 0.4) is 0 Å². The summed E-state index contributed by atoms with van der Waals surface area (Å²) in [5, 5.41) is 0.630. The van der Waals surface area contributed by atoms with Gasteiger partial charge in [-0.2, -0.15) is 0 Å². The molecule has 44 heavy (non-hydrogen) atoms. The number of fused-ring (bicyclic) bond motifs is 3. The fourth-order valence-corrected chi connectivity index (χ4v) is 5.60. The van der Waals surface area contributed by atoms with Crippen molar-refractivity contribution >= 4 is 30.0 Å². The van der Waals surface area contributed by atoms with Crippen molar-refractivity contribution in [3.8, 4) is 28.7 Å². The van der Waals surface area contributed by atoms with E-state index in [1.807, 2.05) is 43.3 Å². The van der Waals surface area contributed by atoms with Gasteiger partial charge in [-0.15, -0.1) is 12.4 Å². The van der Waals surface area contributed by atoms with Gasteiger partial charge in [-0.3, -0.25) is 0 Å². The summed E-state index contributed by atoms with van der Waals surface area (Å²) >= 11 is 5.72. The Morgan fingerprint density at radius 3 is 1.84 bits per heavy atom. The summed E-state index contributed by atoms with van der Waals surface area (Å²) in [4.78, 5) is 13.2. The largest absolute Gasteiger partial charge is 0.482 e. The van der Waals surface area contributed by atoms with Crippen molar-refractivity contribution in [3.05, 3.63) is 76.8 Å². The van der Waals surface area contributed by atoms with Crippen molar-refractivity contribution in [3.63, 3.8) is 0 Å². The molecular formula is C32H35Cl2NO9. The third-order valence-corrected chi connectivity index (χ3v) is 7.94. The first-order valence-corrected chi connectivity index (χ1v) is 14.5. The molecule has 3 aromatic carbocycles. The van der Waals surface area contributed by atoms with E-state index in [0.29, 0.717) is 49.0 Å². The zero-order chi connectivity index (χ0) is 29.8. The Morgan fingerprint density at radius 2 is 1.32 bits per heavy atom. The van der Waals surface area contributed by atoms with E-state index in [9.17, 15) is 4.79 Å². The second kappa shape index (κ2) is 14.6. The molecule has 0 aromatic heterocycles. The molecule has 12 heteroatoms. The fraction of sp³-hybridized carbons (Fsp3) is 0.406. The monoisotopic (exact) mass is 647 g/mol. The van der Waals surface area contributed by atoms with E-state index in [4.69, 9.17) is 49.5 Å². The van der Waals surface area contributed by atoms with Crippen LogP contribution >= 0.6 is 24.0 Å². The Labute approximate surface area is 267 Å². The lowest BCUT2D eigenvalue weighted by Crippen LogP contribution is -2.22. The van der Waals surface area contributed by atoms with Gasteiger partial charge in [-0.25, -0.2) is 4.79 Å². The normalized spacial score (nSPS) is 22.1. The number of hydrogen-bond acceptors (Lipinski definition) is 10. The minimum atomic E-state index is -0.373. The van der Waals surface area contributed by atoms with E-state index < -0.39 is 0 Å². The third kappa shape index (κ3) is 7.44. The van der Waals surface area contributed by atoms with E-state index in [1.54, 1.807) is 24.3 Å². The molecule has 0 saturated carbocycles. The lowest BCUT2D eigenvalue weighted by Gasteiger charge is -2.17. The Hall–Kier alpha value is -3.41. The second-order valence-electron chi connectivity index (χ2n) is 10.8. The summed E-state index contributed by atoms with van der Waals surface area (Å²) in [6, 6.07) is 18.9. The van der Waals surface area contributed by atoms with E-state index >= 15 is 0 Å². The SMILES string of the molecule is CN(C)CCOC(=O)COc1ccc(Cl)cc1.Cl.c1cc2c(cc1C1OCC3C(c4ccc5c(c4)OCO5)OCC13)OCO2. The highest BCUT2D eigenvalue weighted by Crippen LogP contribution is 2.52. The molecule has 4 aliphatic heterocycles. The smallest absolute Gasteiger partial charge is 0.344 e. The van der Waals surface area contributed by atoms with Crippen LogP contribution in [-0.4, -0.2) is 71.5 Å². The minimum absolute atomic E-state index is 0. The number of ether oxygens (including phenoxy) is 8. The van der Waals surface area contributed by atoms with Crippen molar-refractivity contribution in [2.24, 2.45) is 11.8 Å². The van der Waals surface area contributed by atoms with Crippen molar-refractivity contribution in [1.29, 1.82) is 0 Å². The molecule has 3 aromatic rings. The van der Waals surface area contributed by atoms with Gasteiger partial charge in [0.2, 0.25) is 13.6 Å². The van der Waals surface area contributed by atoms with Gasteiger partial charge < -0.3 is 42.8 Å². The zero-order valence-electron chi connectivity index (χ0n) is 24.4. The van der Waals surface area contributed by atoms with Gasteiger partial charge >= 0.3 is 5.97 Å². The van der Waals surface area contributed by atoms with Gasteiger partial charge in [0.25, 0.3) is 0 Å². The molecule has 2 fully saturated rings. The molecule has 10 nitrogen and oxygen atoms in total. The maximum atomic E-state index is 11.3. The first-order chi connectivity index (χ1) is 20.9. The molecule has 4 heterocycles. The van der Waals surface area contributed by atoms with Crippen LogP contribution in [0.1, 0.15) is 23.3 Å². The van der Waals surface area contributed by atoms with E-state index in [-0.39, 0.29) is 50.8 Å². The Morgan fingerprint density at radius 1 is 0.795 bits per heavy atom. The highest BCUT2D eigenvalue weighted by atomic mass is 35.5. The van der Waals surface area contributed by atoms with E-state index in [1.165, 1.54) is 0 Å². The molecule has 0 aliphatic carbocycles.